The van der Waals surface area contributed by atoms with Gasteiger partial charge in [0.15, 0.2) is 0 Å². The van der Waals surface area contributed by atoms with Gasteiger partial charge in [-0.25, -0.2) is 0 Å². The van der Waals surface area contributed by atoms with Crippen LogP contribution in [0.25, 0.3) is 5.57 Å². The molecule has 0 fully saturated rings. The summed E-state index contributed by atoms with van der Waals surface area (Å²) >= 11 is 0. The second kappa shape index (κ2) is 7.58. The Morgan fingerprint density at radius 1 is 0.905 bits per heavy atom. The van der Waals surface area contributed by atoms with Crippen LogP contribution in [0, 0.1) is 0 Å². The molecule has 1 heterocycles. The zero-order chi connectivity index (χ0) is 13.8. The van der Waals surface area contributed by atoms with Gasteiger partial charge in [0.25, 0.3) is 0 Å². The van der Waals surface area contributed by atoms with Gasteiger partial charge in [-0.05, 0) is 42.2 Å². The minimum atomic E-state index is 0. The van der Waals surface area contributed by atoms with Crippen molar-refractivity contribution in [3.8, 4) is 0 Å². The third-order valence-corrected chi connectivity index (χ3v) is 3.99. The molecule has 0 radical (unpaired) electrons. The van der Waals surface area contributed by atoms with E-state index in [4.69, 9.17) is 0 Å². The molecule has 110 valence electrons. The quantitative estimate of drug-likeness (QED) is 0.788. The number of likely N-dealkylation sites (N-methyl/N-ethyl adjacent to an activating group) is 1. The number of rotatable bonds is 3. The van der Waals surface area contributed by atoms with Gasteiger partial charge in [0.1, 0.15) is 0 Å². The molecule has 0 aromatic heterocycles. The minimum Gasteiger partial charge on any atom is -0.302 e. The normalized spacial score (nSPS) is 15.2. The van der Waals surface area contributed by atoms with Crippen LogP contribution < -0.4 is 0 Å². The van der Waals surface area contributed by atoms with Crippen molar-refractivity contribution in [2.24, 2.45) is 0 Å². The van der Waals surface area contributed by atoms with E-state index >= 15 is 0 Å². The molecule has 0 amide bonds. The molecule has 21 heavy (non-hydrogen) atoms. The van der Waals surface area contributed by atoms with Crippen LogP contribution >= 0.6 is 17.0 Å². The Morgan fingerprint density at radius 2 is 1.57 bits per heavy atom. The van der Waals surface area contributed by atoms with Gasteiger partial charge in [0.2, 0.25) is 0 Å². The Kier molecular flexibility index (Phi) is 5.77. The molecule has 0 bridgehead atoms. The summed E-state index contributed by atoms with van der Waals surface area (Å²) in [5.41, 5.74) is 5.64. The second-order valence-electron chi connectivity index (χ2n) is 5.60. The van der Waals surface area contributed by atoms with Crippen molar-refractivity contribution < 1.29 is 0 Å². The molecule has 0 unspecified atom stereocenters. The van der Waals surface area contributed by atoms with E-state index in [0.717, 1.165) is 25.9 Å². The molecule has 3 rings (SSSR count). The second-order valence-corrected chi connectivity index (χ2v) is 5.60. The Labute approximate surface area is 138 Å². The van der Waals surface area contributed by atoms with E-state index in [9.17, 15) is 0 Å². The average Bonchev–Trinajstić information content (AvgIpc) is 2.50. The summed E-state index contributed by atoms with van der Waals surface area (Å²) in [6.45, 7) is 2.23. The zero-order valence-corrected chi connectivity index (χ0v) is 14.2. The SMILES string of the molecule is Br.CN1CC=C(c2ccc(Cc3ccccc3)cc2)CC1. The van der Waals surface area contributed by atoms with E-state index < -0.39 is 0 Å². The lowest BCUT2D eigenvalue weighted by Gasteiger charge is -2.22. The molecule has 0 aliphatic carbocycles. The smallest absolute Gasteiger partial charge is 0.0166 e. The van der Waals surface area contributed by atoms with Crippen LogP contribution in [0.4, 0.5) is 0 Å². The highest BCUT2D eigenvalue weighted by Crippen LogP contribution is 2.22. The standard InChI is InChI=1S/C19H21N.BrH/c1-20-13-11-19(12-14-20)18-9-7-17(8-10-18)15-16-5-3-2-4-6-16;/h2-11H,12-15H2,1H3;1H. The summed E-state index contributed by atoms with van der Waals surface area (Å²) in [6, 6.07) is 19.7. The van der Waals surface area contributed by atoms with Crippen molar-refractivity contribution >= 4 is 22.6 Å². The maximum absolute atomic E-state index is 2.36. The fourth-order valence-corrected chi connectivity index (χ4v) is 2.70. The molecule has 1 aliphatic rings. The predicted molar refractivity (Wildman–Crippen MR) is 96.1 cm³/mol. The van der Waals surface area contributed by atoms with Gasteiger partial charge in [0, 0.05) is 13.1 Å². The highest BCUT2D eigenvalue weighted by Gasteiger charge is 2.09. The third-order valence-electron chi connectivity index (χ3n) is 3.99. The van der Waals surface area contributed by atoms with Crippen LogP contribution in [0.15, 0.2) is 60.7 Å². The first-order valence-corrected chi connectivity index (χ1v) is 7.32. The lowest BCUT2D eigenvalue weighted by molar-refractivity contribution is 0.370. The highest BCUT2D eigenvalue weighted by molar-refractivity contribution is 8.93. The molecule has 0 saturated heterocycles. The van der Waals surface area contributed by atoms with Crippen LogP contribution in [0.1, 0.15) is 23.1 Å². The first kappa shape index (κ1) is 16.0. The molecule has 0 N–H and O–H groups in total. The summed E-state index contributed by atoms with van der Waals surface area (Å²) in [7, 11) is 2.18. The van der Waals surface area contributed by atoms with Gasteiger partial charge in [-0.2, -0.15) is 0 Å². The van der Waals surface area contributed by atoms with Crippen molar-refractivity contribution in [3.05, 3.63) is 77.4 Å². The molecule has 0 spiro atoms. The molecule has 2 heteroatoms. The van der Waals surface area contributed by atoms with E-state index in [1.165, 1.54) is 22.3 Å². The van der Waals surface area contributed by atoms with E-state index in [2.05, 4.69) is 72.6 Å². The van der Waals surface area contributed by atoms with Crippen molar-refractivity contribution in [1.82, 2.24) is 4.90 Å². The summed E-state index contributed by atoms with van der Waals surface area (Å²) in [5, 5.41) is 0. The van der Waals surface area contributed by atoms with Gasteiger partial charge in [-0.1, -0.05) is 60.7 Å². The first-order chi connectivity index (χ1) is 9.81. The summed E-state index contributed by atoms with van der Waals surface area (Å²) in [5.74, 6) is 0. The summed E-state index contributed by atoms with van der Waals surface area (Å²) in [6.07, 6.45) is 4.53. The number of hydrogen-bond donors (Lipinski definition) is 0. The molecular formula is C19H22BrN. The number of nitrogens with zero attached hydrogens (tertiary/aromatic N) is 1. The largest absolute Gasteiger partial charge is 0.302 e. The predicted octanol–water partition coefficient (Wildman–Crippen LogP) is 4.57. The van der Waals surface area contributed by atoms with Crippen LogP contribution in [0.3, 0.4) is 0 Å². The van der Waals surface area contributed by atoms with E-state index in [1.807, 2.05) is 0 Å². The van der Waals surface area contributed by atoms with E-state index in [1.54, 1.807) is 0 Å². The summed E-state index contributed by atoms with van der Waals surface area (Å²) < 4.78 is 0. The van der Waals surface area contributed by atoms with Crippen molar-refractivity contribution in [2.45, 2.75) is 12.8 Å². The molecular weight excluding hydrogens is 322 g/mol. The van der Waals surface area contributed by atoms with Gasteiger partial charge in [0.05, 0.1) is 0 Å². The molecule has 0 atom stereocenters. The van der Waals surface area contributed by atoms with Gasteiger partial charge in [-0.15, -0.1) is 17.0 Å². The monoisotopic (exact) mass is 343 g/mol. The van der Waals surface area contributed by atoms with Crippen molar-refractivity contribution in [2.75, 3.05) is 20.1 Å². The first-order valence-electron chi connectivity index (χ1n) is 7.32. The molecule has 0 saturated carbocycles. The maximum atomic E-state index is 2.36. The lowest BCUT2D eigenvalue weighted by atomic mass is 9.97. The van der Waals surface area contributed by atoms with Gasteiger partial charge < -0.3 is 4.90 Å². The van der Waals surface area contributed by atoms with Gasteiger partial charge in [-0.3, -0.25) is 0 Å². The highest BCUT2D eigenvalue weighted by atomic mass is 79.9. The lowest BCUT2D eigenvalue weighted by Crippen LogP contribution is -2.23. The van der Waals surface area contributed by atoms with E-state index in [-0.39, 0.29) is 17.0 Å². The third kappa shape index (κ3) is 4.29. The van der Waals surface area contributed by atoms with Crippen molar-refractivity contribution in [3.63, 3.8) is 0 Å². The van der Waals surface area contributed by atoms with Crippen LogP contribution in [-0.4, -0.2) is 25.0 Å². The zero-order valence-electron chi connectivity index (χ0n) is 12.5. The summed E-state index contributed by atoms with van der Waals surface area (Å²) in [4.78, 5) is 2.35. The van der Waals surface area contributed by atoms with Crippen LogP contribution in [0.2, 0.25) is 0 Å². The fourth-order valence-electron chi connectivity index (χ4n) is 2.70. The molecule has 1 nitrogen and oxygen atoms in total. The van der Waals surface area contributed by atoms with E-state index in [0.29, 0.717) is 0 Å². The Morgan fingerprint density at radius 3 is 2.19 bits per heavy atom. The maximum Gasteiger partial charge on any atom is 0.0166 e. The van der Waals surface area contributed by atoms with Crippen LogP contribution in [-0.2, 0) is 6.42 Å². The fraction of sp³-hybridized carbons (Fsp3) is 0.263. The number of halogens is 1. The minimum absolute atomic E-state index is 0. The number of benzene rings is 2. The Bertz CT molecular complexity index is 587. The average molecular weight is 344 g/mol. The molecule has 1 aliphatic heterocycles. The van der Waals surface area contributed by atoms with Crippen LogP contribution in [0.5, 0.6) is 0 Å². The Hall–Kier alpha value is -1.38. The van der Waals surface area contributed by atoms with Gasteiger partial charge >= 0.3 is 0 Å². The number of hydrogen-bond acceptors (Lipinski definition) is 1. The topological polar surface area (TPSA) is 3.24 Å². The van der Waals surface area contributed by atoms with Crippen molar-refractivity contribution in [1.29, 1.82) is 0 Å². The molecule has 2 aromatic rings. The Balaban J connectivity index is 0.00000161. The molecule has 2 aromatic carbocycles.